The lowest BCUT2D eigenvalue weighted by Gasteiger charge is -2.15. The third kappa shape index (κ3) is 1.75. The van der Waals surface area contributed by atoms with Crippen LogP contribution in [0.1, 0.15) is 6.23 Å². The van der Waals surface area contributed by atoms with Crippen LogP contribution in [0.5, 0.6) is 0 Å². The summed E-state index contributed by atoms with van der Waals surface area (Å²) in [4.78, 5) is 21.8. The lowest BCUT2D eigenvalue weighted by atomic mass is 10.3. The average molecular weight is 265 g/mol. The van der Waals surface area contributed by atoms with Crippen LogP contribution in [-0.4, -0.2) is 42.4 Å². The van der Waals surface area contributed by atoms with Crippen molar-refractivity contribution in [1.29, 1.82) is 0 Å². The normalized spacial score (nSPS) is 22.9. The van der Waals surface area contributed by atoms with Crippen molar-refractivity contribution in [2.75, 3.05) is 12.3 Å². The minimum absolute atomic E-state index is 0.0561. The number of nitrogens with zero attached hydrogens (tertiary/aromatic N) is 3. The molecule has 0 aliphatic carbocycles. The molecule has 0 amide bonds. The Balaban J connectivity index is 2.12. The number of fused-ring (bicyclic) bond motifs is 1. The maximum atomic E-state index is 11.6. The summed E-state index contributed by atoms with van der Waals surface area (Å²) < 4.78 is 6.77. The Labute approximate surface area is 106 Å². The molecule has 2 aromatic rings. The minimum Gasteiger partial charge on any atom is -0.508 e. The SMILES string of the molecule is Nc1nc2c(ncn2C2OC(CO)C=C2O)c(=O)[nH]1. The van der Waals surface area contributed by atoms with Crippen LogP contribution in [0.3, 0.4) is 0 Å². The number of aliphatic hydroxyl groups is 2. The van der Waals surface area contributed by atoms with E-state index in [2.05, 4.69) is 15.0 Å². The average Bonchev–Trinajstić information content (AvgIpc) is 2.92. The fourth-order valence-electron chi connectivity index (χ4n) is 1.97. The number of nitrogens with two attached hydrogens (primary N) is 1. The van der Waals surface area contributed by atoms with Crippen LogP contribution >= 0.6 is 0 Å². The Bertz CT molecular complexity index is 718. The number of nitrogens with one attached hydrogen (secondary N) is 1. The van der Waals surface area contributed by atoms with Gasteiger partial charge in [0.25, 0.3) is 5.56 Å². The summed E-state index contributed by atoms with van der Waals surface area (Å²) in [5.74, 6) is -0.140. The zero-order valence-electron chi connectivity index (χ0n) is 9.65. The number of aliphatic hydroxyl groups excluding tert-OH is 2. The molecular weight excluding hydrogens is 254 g/mol. The number of rotatable bonds is 2. The first-order valence-electron chi connectivity index (χ1n) is 5.49. The van der Waals surface area contributed by atoms with Crippen LogP contribution in [0.2, 0.25) is 0 Å². The van der Waals surface area contributed by atoms with Crippen LogP contribution in [0.15, 0.2) is 23.0 Å². The van der Waals surface area contributed by atoms with E-state index in [1.807, 2.05) is 0 Å². The van der Waals surface area contributed by atoms with Gasteiger partial charge in [-0.3, -0.25) is 14.3 Å². The lowest BCUT2D eigenvalue weighted by molar-refractivity contribution is -0.0233. The van der Waals surface area contributed by atoms with Crippen molar-refractivity contribution < 1.29 is 14.9 Å². The summed E-state index contributed by atoms with van der Waals surface area (Å²) in [6.07, 6.45) is 1.21. The van der Waals surface area contributed by atoms with Crippen molar-refractivity contribution in [3.05, 3.63) is 28.5 Å². The van der Waals surface area contributed by atoms with Crippen LogP contribution < -0.4 is 11.3 Å². The highest BCUT2D eigenvalue weighted by Crippen LogP contribution is 2.28. The summed E-state index contributed by atoms with van der Waals surface area (Å²) in [5, 5.41) is 18.8. The predicted molar refractivity (Wildman–Crippen MR) is 64.3 cm³/mol. The number of hydrogen-bond donors (Lipinski definition) is 4. The quantitative estimate of drug-likeness (QED) is 0.548. The smallest absolute Gasteiger partial charge is 0.280 e. The number of ether oxygens (including phenoxy) is 1. The summed E-state index contributed by atoms with van der Waals surface area (Å²) >= 11 is 0. The molecule has 0 saturated carbocycles. The number of anilines is 1. The highest BCUT2D eigenvalue weighted by atomic mass is 16.5. The Hall–Kier alpha value is -2.39. The molecule has 0 fully saturated rings. The van der Waals surface area contributed by atoms with E-state index in [1.165, 1.54) is 17.0 Å². The van der Waals surface area contributed by atoms with Gasteiger partial charge < -0.3 is 20.7 Å². The molecule has 0 saturated heterocycles. The van der Waals surface area contributed by atoms with E-state index >= 15 is 0 Å². The molecule has 1 aliphatic heterocycles. The van der Waals surface area contributed by atoms with Gasteiger partial charge in [-0.15, -0.1) is 0 Å². The topological polar surface area (TPSA) is 139 Å². The number of hydrogen-bond acceptors (Lipinski definition) is 7. The Morgan fingerprint density at radius 2 is 2.37 bits per heavy atom. The molecule has 2 atom stereocenters. The Morgan fingerprint density at radius 1 is 1.58 bits per heavy atom. The largest absolute Gasteiger partial charge is 0.508 e. The van der Waals surface area contributed by atoms with Gasteiger partial charge in [0.15, 0.2) is 17.4 Å². The monoisotopic (exact) mass is 265 g/mol. The van der Waals surface area contributed by atoms with Crippen LogP contribution in [0.25, 0.3) is 11.2 Å². The van der Waals surface area contributed by atoms with Crippen LogP contribution in [-0.2, 0) is 4.74 Å². The zero-order chi connectivity index (χ0) is 13.6. The van der Waals surface area contributed by atoms with Crippen molar-refractivity contribution in [3.8, 4) is 0 Å². The molecular formula is C10H11N5O4. The molecule has 0 bridgehead atoms. The van der Waals surface area contributed by atoms with E-state index in [4.69, 9.17) is 15.6 Å². The summed E-state index contributed by atoms with van der Waals surface area (Å²) in [6.45, 7) is -0.261. The van der Waals surface area contributed by atoms with Gasteiger partial charge >= 0.3 is 0 Å². The number of aromatic nitrogens is 4. The second kappa shape index (κ2) is 4.07. The van der Waals surface area contributed by atoms with E-state index in [9.17, 15) is 9.90 Å². The Morgan fingerprint density at radius 3 is 3.05 bits per heavy atom. The van der Waals surface area contributed by atoms with Gasteiger partial charge in [0, 0.05) is 0 Å². The van der Waals surface area contributed by atoms with Gasteiger partial charge in [-0.1, -0.05) is 0 Å². The van der Waals surface area contributed by atoms with E-state index in [0.717, 1.165) is 0 Å². The van der Waals surface area contributed by atoms with E-state index in [1.54, 1.807) is 0 Å². The molecule has 0 radical (unpaired) electrons. The number of H-pyrrole nitrogens is 1. The first kappa shape index (κ1) is 11.7. The van der Waals surface area contributed by atoms with Crippen LogP contribution in [0.4, 0.5) is 5.95 Å². The van der Waals surface area contributed by atoms with E-state index < -0.39 is 17.9 Å². The van der Waals surface area contributed by atoms with E-state index in [0.29, 0.717) is 0 Å². The molecule has 0 aromatic carbocycles. The summed E-state index contributed by atoms with van der Waals surface area (Å²) in [7, 11) is 0. The molecule has 2 unspecified atom stereocenters. The first-order chi connectivity index (χ1) is 9.10. The van der Waals surface area contributed by atoms with Crippen molar-refractivity contribution in [3.63, 3.8) is 0 Å². The second-order valence-corrected chi connectivity index (χ2v) is 4.08. The Kier molecular flexibility index (Phi) is 2.50. The molecule has 9 nitrogen and oxygen atoms in total. The summed E-state index contributed by atoms with van der Waals surface area (Å²) in [5.41, 5.74) is 5.30. The van der Waals surface area contributed by atoms with Gasteiger partial charge in [0.05, 0.1) is 12.9 Å². The maximum absolute atomic E-state index is 11.6. The second-order valence-electron chi connectivity index (χ2n) is 4.08. The molecule has 1 aliphatic rings. The standard InChI is InChI=1S/C10H11N5O4/c11-10-13-7-6(8(18)14-10)12-3-15(7)9-5(17)1-4(2-16)19-9/h1,3-4,9,16-17H,2H2,(H3,11,13,14,18). The van der Waals surface area contributed by atoms with Gasteiger partial charge in [-0.05, 0) is 6.08 Å². The molecule has 5 N–H and O–H groups in total. The molecule has 0 spiro atoms. The fraction of sp³-hybridized carbons (Fsp3) is 0.300. The van der Waals surface area contributed by atoms with Crippen molar-refractivity contribution in [1.82, 2.24) is 19.5 Å². The molecule has 3 rings (SSSR count). The number of imidazole rings is 1. The minimum atomic E-state index is -0.879. The highest BCUT2D eigenvalue weighted by molar-refractivity contribution is 5.70. The van der Waals surface area contributed by atoms with Gasteiger partial charge in [0.2, 0.25) is 5.95 Å². The first-order valence-corrected chi connectivity index (χ1v) is 5.49. The molecule has 2 aromatic heterocycles. The highest BCUT2D eigenvalue weighted by Gasteiger charge is 2.29. The third-order valence-corrected chi connectivity index (χ3v) is 2.80. The van der Waals surface area contributed by atoms with Gasteiger partial charge in [-0.2, -0.15) is 4.98 Å². The maximum Gasteiger partial charge on any atom is 0.280 e. The third-order valence-electron chi connectivity index (χ3n) is 2.80. The molecule has 19 heavy (non-hydrogen) atoms. The van der Waals surface area contributed by atoms with Crippen LogP contribution in [0, 0.1) is 0 Å². The van der Waals surface area contributed by atoms with E-state index in [-0.39, 0.29) is 29.5 Å². The predicted octanol–water partition coefficient (Wildman–Crippen LogP) is -0.967. The molecule has 100 valence electrons. The summed E-state index contributed by atoms with van der Waals surface area (Å²) in [6, 6.07) is 0. The van der Waals surface area contributed by atoms with Crippen molar-refractivity contribution >= 4 is 17.1 Å². The molecule has 9 heteroatoms. The van der Waals surface area contributed by atoms with Crippen molar-refractivity contribution in [2.24, 2.45) is 0 Å². The number of nitrogen functional groups attached to an aromatic ring is 1. The lowest BCUT2D eigenvalue weighted by Crippen LogP contribution is -2.18. The molecule has 3 heterocycles. The fourth-order valence-corrected chi connectivity index (χ4v) is 1.97. The zero-order valence-corrected chi connectivity index (χ0v) is 9.65. The van der Waals surface area contributed by atoms with Crippen molar-refractivity contribution in [2.45, 2.75) is 12.3 Å². The van der Waals surface area contributed by atoms with Gasteiger partial charge in [0.1, 0.15) is 11.9 Å². The number of aromatic amines is 1. The van der Waals surface area contributed by atoms with Gasteiger partial charge in [-0.25, -0.2) is 4.98 Å².